The number of hydrogen-bond donors (Lipinski definition) is 2. The molecule has 0 aliphatic carbocycles. The van der Waals surface area contributed by atoms with Crippen LogP contribution in [0.2, 0.25) is 5.02 Å². The molecule has 3 amide bonds. The molecule has 15 heavy (non-hydrogen) atoms. The van der Waals surface area contributed by atoms with Crippen LogP contribution in [0.15, 0.2) is 18.2 Å². The molecule has 0 saturated carbocycles. The Balaban J connectivity index is 2.48. The van der Waals surface area contributed by atoms with Gasteiger partial charge >= 0.3 is 6.03 Å². The molecule has 1 aliphatic heterocycles. The molecule has 1 heterocycles. The summed E-state index contributed by atoms with van der Waals surface area (Å²) >= 11 is 5.77. The monoisotopic (exact) mass is 225 g/mol. The number of rotatable bonds is 1. The maximum Gasteiger partial charge on any atom is 0.329 e. The van der Waals surface area contributed by atoms with Gasteiger partial charge in [-0.05, 0) is 18.2 Å². The Morgan fingerprint density at radius 3 is 2.73 bits per heavy atom. The molecule has 78 valence electrons. The summed E-state index contributed by atoms with van der Waals surface area (Å²) in [6.45, 7) is -0.00914. The number of nitrogens with zero attached hydrogens (tertiary/aromatic N) is 1. The molecule has 1 aromatic rings. The maximum atomic E-state index is 11.4. The van der Waals surface area contributed by atoms with Crippen LogP contribution in [0.5, 0.6) is 0 Å². The third kappa shape index (κ3) is 1.61. The molecular weight excluding hydrogens is 218 g/mol. The molecule has 3 N–H and O–H groups in total. The molecule has 0 aromatic heterocycles. The number of anilines is 2. The molecule has 1 aliphatic rings. The van der Waals surface area contributed by atoms with Crippen LogP contribution in [0.1, 0.15) is 0 Å². The summed E-state index contributed by atoms with van der Waals surface area (Å²) in [7, 11) is 0. The smallest absolute Gasteiger partial charge is 0.329 e. The van der Waals surface area contributed by atoms with Crippen LogP contribution in [0.3, 0.4) is 0 Å². The quantitative estimate of drug-likeness (QED) is 0.553. The number of carbonyl (C=O) groups excluding carboxylic acids is 2. The second-order valence-corrected chi connectivity index (χ2v) is 3.53. The number of hydrogen-bond acceptors (Lipinski definition) is 3. The highest BCUT2D eigenvalue weighted by Crippen LogP contribution is 2.28. The first-order valence-corrected chi connectivity index (χ1v) is 4.63. The van der Waals surface area contributed by atoms with Crippen LogP contribution >= 0.6 is 11.6 Å². The second-order valence-electron chi connectivity index (χ2n) is 3.09. The molecule has 1 fully saturated rings. The fraction of sp³-hybridized carbons (Fsp3) is 0.111. The fourth-order valence-corrected chi connectivity index (χ4v) is 1.54. The van der Waals surface area contributed by atoms with Crippen LogP contribution in [0.25, 0.3) is 0 Å². The van der Waals surface area contributed by atoms with Crippen molar-refractivity contribution in [2.75, 3.05) is 17.2 Å². The van der Waals surface area contributed by atoms with Gasteiger partial charge in [0, 0.05) is 5.02 Å². The summed E-state index contributed by atoms with van der Waals surface area (Å²) in [6.07, 6.45) is 0. The maximum absolute atomic E-state index is 11.4. The molecule has 0 spiro atoms. The average molecular weight is 226 g/mol. The minimum Gasteiger partial charge on any atom is -0.397 e. The molecule has 5 nitrogen and oxygen atoms in total. The van der Waals surface area contributed by atoms with Gasteiger partial charge in [0.15, 0.2) is 0 Å². The third-order valence-corrected chi connectivity index (χ3v) is 2.31. The molecular formula is C9H8ClN3O2. The lowest BCUT2D eigenvalue weighted by atomic mass is 10.2. The molecule has 1 saturated heterocycles. The van der Waals surface area contributed by atoms with Crippen molar-refractivity contribution in [3.8, 4) is 0 Å². The highest BCUT2D eigenvalue weighted by molar-refractivity contribution is 6.31. The molecule has 0 bridgehead atoms. The first kappa shape index (κ1) is 9.79. The summed E-state index contributed by atoms with van der Waals surface area (Å²) in [5.41, 5.74) is 6.32. The van der Waals surface area contributed by atoms with E-state index in [-0.39, 0.29) is 12.5 Å². The van der Waals surface area contributed by atoms with Gasteiger partial charge in [-0.3, -0.25) is 4.79 Å². The SMILES string of the molecule is Nc1ccc(Cl)cc1N1C(=O)CNC1=O. The van der Waals surface area contributed by atoms with Crippen LogP contribution < -0.4 is 16.0 Å². The van der Waals surface area contributed by atoms with E-state index in [1.54, 1.807) is 12.1 Å². The van der Waals surface area contributed by atoms with Gasteiger partial charge in [0.2, 0.25) is 0 Å². The van der Waals surface area contributed by atoms with E-state index in [9.17, 15) is 9.59 Å². The summed E-state index contributed by atoms with van der Waals surface area (Å²) in [6, 6.07) is 4.16. The minimum absolute atomic E-state index is 0.00914. The van der Waals surface area contributed by atoms with Gasteiger partial charge in [-0.2, -0.15) is 0 Å². The minimum atomic E-state index is -0.478. The molecule has 1 aromatic carbocycles. The summed E-state index contributed by atoms with van der Waals surface area (Å²) in [5.74, 6) is -0.339. The number of nitrogens with one attached hydrogen (secondary N) is 1. The highest BCUT2D eigenvalue weighted by atomic mass is 35.5. The van der Waals surface area contributed by atoms with Crippen LogP contribution in [0, 0.1) is 0 Å². The normalized spacial score (nSPS) is 15.7. The number of nitrogen functional groups attached to an aromatic ring is 1. The molecule has 0 radical (unpaired) electrons. The Bertz CT molecular complexity index is 431. The summed E-state index contributed by atoms with van der Waals surface area (Å²) in [5, 5.41) is 2.83. The third-order valence-electron chi connectivity index (χ3n) is 2.08. The van der Waals surface area contributed by atoms with Crippen molar-refractivity contribution in [2.45, 2.75) is 0 Å². The Hall–Kier alpha value is -1.75. The van der Waals surface area contributed by atoms with Crippen molar-refractivity contribution in [3.05, 3.63) is 23.2 Å². The number of amides is 3. The number of imide groups is 1. The van der Waals surface area contributed by atoms with Crippen molar-refractivity contribution >= 4 is 34.9 Å². The molecule has 0 atom stereocenters. The first-order valence-electron chi connectivity index (χ1n) is 4.25. The van der Waals surface area contributed by atoms with Crippen molar-refractivity contribution in [3.63, 3.8) is 0 Å². The van der Waals surface area contributed by atoms with Gasteiger partial charge in [-0.25, -0.2) is 9.69 Å². The zero-order chi connectivity index (χ0) is 11.0. The molecule has 2 rings (SSSR count). The van der Waals surface area contributed by atoms with Gasteiger partial charge in [0.1, 0.15) is 0 Å². The predicted molar refractivity (Wildman–Crippen MR) is 56.7 cm³/mol. The highest BCUT2D eigenvalue weighted by Gasteiger charge is 2.31. The Kier molecular flexibility index (Phi) is 2.24. The van der Waals surface area contributed by atoms with Gasteiger partial charge in [-0.15, -0.1) is 0 Å². The van der Waals surface area contributed by atoms with Crippen molar-refractivity contribution < 1.29 is 9.59 Å². The average Bonchev–Trinajstić information content (AvgIpc) is 2.51. The molecule has 0 unspecified atom stereocenters. The van der Waals surface area contributed by atoms with Crippen LogP contribution in [-0.4, -0.2) is 18.5 Å². The zero-order valence-electron chi connectivity index (χ0n) is 7.66. The predicted octanol–water partition coefficient (Wildman–Crippen LogP) is 0.978. The Morgan fingerprint density at radius 1 is 1.40 bits per heavy atom. The van der Waals surface area contributed by atoms with E-state index >= 15 is 0 Å². The Morgan fingerprint density at radius 2 is 2.13 bits per heavy atom. The van der Waals surface area contributed by atoms with Crippen molar-refractivity contribution in [2.24, 2.45) is 0 Å². The number of halogens is 1. The summed E-state index contributed by atoms with van der Waals surface area (Å²) < 4.78 is 0. The van der Waals surface area contributed by atoms with Gasteiger partial charge in [-0.1, -0.05) is 11.6 Å². The summed E-state index contributed by atoms with van der Waals surface area (Å²) in [4.78, 5) is 23.7. The van der Waals surface area contributed by atoms with E-state index in [0.717, 1.165) is 4.90 Å². The standard InChI is InChI=1S/C9H8ClN3O2/c10-5-1-2-6(11)7(3-5)13-8(14)4-12-9(13)15/h1-3H,4,11H2,(H,12,15). The molecule has 6 heteroatoms. The van der Waals surface area contributed by atoms with E-state index in [4.69, 9.17) is 17.3 Å². The van der Waals surface area contributed by atoms with Gasteiger partial charge in [0.25, 0.3) is 5.91 Å². The van der Waals surface area contributed by atoms with Crippen molar-refractivity contribution in [1.82, 2.24) is 5.32 Å². The van der Waals surface area contributed by atoms with E-state index in [1.807, 2.05) is 0 Å². The second kappa shape index (κ2) is 3.43. The lowest BCUT2D eigenvalue weighted by molar-refractivity contribution is -0.115. The zero-order valence-corrected chi connectivity index (χ0v) is 8.41. The lowest BCUT2D eigenvalue weighted by Gasteiger charge is -2.14. The van der Waals surface area contributed by atoms with Crippen LogP contribution in [-0.2, 0) is 4.79 Å². The topological polar surface area (TPSA) is 75.4 Å². The van der Waals surface area contributed by atoms with E-state index in [1.165, 1.54) is 6.07 Å². The number of nitrogens with two attached hydrogens (primary N) is 1. The van der Waals surface area contributed by atoms with E-state index in [0.29, 0.717) is 16.4 Å². The van der Waals surface area contributed by atoms with Crippen LogP contribution in [0.4, 0.5) is 16.2 Å². The fourth-order valence-electron chi connectivity index (χ4n) is 1.38. The van der Waals surface area contributed by atoms with Crippen molar-refractivity contribution in [1.29, 1.82) is 0 Å². The largest absolute Gasteiger partial charge is 0.397 e. The van der Waals surface area contributed by atoms with Gasteiger partial charge < -0.3 is 11.1 Å². The lowest BCUT2D eigenvalue weighted by Crippen LogP contribution is -2.31. The van der Waals surface area contributed by atoms with E-state index < -0.39 is 6.03 Å². The number of carbonyl (C=O) groups is 2. The number of benzene rings is 1. The number of urea groups is 1. The van der Waals surface area contributed by atoms with Gasteiger partial charge in [0.05, 0.1) is 17.9 Å². The Labute approximate surface area is 90.8 Å². The first-order chi connectivity index (χ1) is 7.09. The van der Waals surface area contributed by atoms with E-state index in [2.05, 4.69) is 5.32 Å².